The Bertz CT molecular complexity index is 1170. The number of nitrogens with zero attached hydrogens (tertiary/aromatic N) is 4. The molecule has 1 saturated heterocycles. The van der Waals surface area contributed by atoms with Gasteiger partial charge in [-0.05, 0) is 37.1 Å². The number of amides is 2. The lowest BCUT2D eigenvalue weighted by atomic mass is 10.0. The van der Waals surface area contributed by atoms with E-state index in [0.29, 0.717) is 18.8 Å². The summed E-state index contributed by atoms with van der Waals surface area (Å²) in [6.45, 7) is 0.545. The van der Waals surface area contributed by atoms with Crippen molar-refractivity contribution < 1.29 is 22.4 Å². The number of urea groups is 1. The summed E-state index contributed by atoms with van der Waals surface area (Å²) in [6.07, 6.45) is 1.93. The van der Waals surface area contributed by atoms with Gasteiger partial charge in [0.1, 0.15) is 29.3 Å². The largest absolute Gasteiger partial charge is 0.349 e. The number of anilines is 2. The molecular weight excluding hydrogens is 416 g/mol. The molecule has 2 aromatic heterocycles. The fourth-order valence-corrected chi connectivity index (χ4v) is 3.93. The molecule has 1 aromatic carbocycles. The van der Waals surface area contributed by atoms with Crippen molar-refractivity contribution in [3.05, 3.63) is 53.6 Å². The molecule has 162 valence electrons. The zero-order valence-electron chi connectivity index (χ0n) is 16.2. The van der Waals surface area contributed by atoms with Crippen LogP contribution in [0.5, 0.6) is 0 Å². The second-order valence-electron chi connectivity index (χ2n) is 7.69. The highest BCUT2D eigenvalue weighted by Crippen LogP contribution is 2.37. The second kappa shape index (κ2) is 7.40. The summed E-state index contributed by atoms with van der Waals surface area (Å²) in [5, 5.41) is 8.43. The predicted octanol–water partition coefficient (Wildman–Crippen LogP) is 3.72. The number of halogens is 4. The molecule has 2 fully saturated rings. The first-order valence-electron chi connectivity index (χ1n) is 9.89. The van der Waals surface area contributed by atoms with E-state index in [0.717, 1.165) is 23.1 Å². The molecule has 0 bridgehead atoms. The summed E-state index contributed by atoms with van der Waals surface area (Å²) in [5.41, 5.74) is 0.0213. The molecule has 3 heterocycles. The Labute approximate surface area is 174 Å². The summed E-state index contributed by atoms with van der Waals surface area (Å²) in [7, 11) is 0. The van der Waals surface area contributed by atoms with Gasteiger partial charge < -0.3 is 15.5 Å². The molecule has 1 saturated carbocycles. The number of carbonyl (C=O) groups excluding carboxylic acids is 1. The number of carbonyl (C=O) groups is 1. The van der Waals surface area contributed by atoms with Gasteiger partial charge in [-0.3, -0.25) is 0 Å². The summed E-state index contributed by atoms with van der Waals surface area (Å²) in [4.78, 5) is 18.3. The van der Waals surface area contributed by atoms with Gasteiger partial charge in [-0.1, -0.05) is 0 Å². The minimum absolute atomic E-state index is 0.0445. The predicted molar refractivity (Wildman–Crippen MR) is 104 cm³/mol. The number of rotatable bonds is 4. The Kier molecular flexibility index (Phi) is 4.67. The SMILES string of the molecule is O=C(Nc1c(F)nn2ccc(N3CCCC3c3cc(F)ccc3F)nc12)N[C@H]1C[C@H]1F. The summed E-state index contributed by atoms with van der Waals surface area (Å²) in [6, 6.07) is 3.14. The average Bonchev–Trinajstić information content (AvgIpc) is 3.13. The number of hydrogen-bond acceptors (Lipinski definition) is 4. The Balaban J connectivity index is 1.46. The molecule has 2 N–H and O–H groups in total. The highest BCUT2D eigenvalue weighted by Gasteiger charge is 2.39. The van der Waals surface area contributed by atoms with Crippen molar-refractivity contribution in [1.29, 1.82) is 0 Å². The van der Waals surface area contributed by atoms with Crippen molar-refractivity contribution in [2.45, 2.75) is 37.5 Å². The van der Waals surface area contributed by atoms with Gasteiger partial charge in [0.05, 0.1) is 12.1 Å². The molecule has 11 heteroatoms. The van der Waals surface area contributed by atoms with Crippen molar-refractivity contribution in [1.82, 2.24) is 19.9 Å². The van der Waals surface area contributed by atoms with Crippen LogP contribution in [0.1, 0.15) is 30.9 Å². The van der Waals surface area contributed by atoms with Crippen molar-refractivity contribution in [2.24, 2.45) is 0 Å². The third kappa shape index (κ3) is 3.64. The smallest absolute Gasteiger partial charge is 0.319 e. The van der Waals surface area contributed by atoms with E-state index in [1.54, 1.807) is 6.07 Å². The zero-order valence-corrected chi connectivity index (χ0v) is 16.2. The first-order chi connectivity index (χ1) is 14.9. The molecule has 3 aromatic rings. The molecule has 31 heavy (non-hydrogen) atoms. The standard InChI is InChI=1S/C20H18F4N6O/c21-10-3-4-12(22)11(8-10)15-2-1-6-29(15)16-5-7-30-19(26-16)17(18(24)28-30)27-20(31)25-14-9-13(14)23/h3-5,7-8,13-15H,1-2,6,9H2,(H2,25,27,31)/t13-,14+,15?/m1/s1. The third-order valence-corrected chi connectivity index (χ3v) is 5.56. The van der Waals surface area contributed by atoms with Crippen molar-refractivity contribution >= 4 is 23.2 Å². The number of fused-ring (bicyclic) bond motifs is 1. The first kappa shape index (κ1) is 19.6. The molecule has 5 rings (SSSR count). The van der Waals surface area contributed by atoms with Gasteiger partial charge in [0.2, 0.25) is 0 Å². The first-order valence-corrected chi connectivity index (χ1v) is 9.89. The van der Waals surface area contributed by atoms with Crippen LogP contribution in [0.2, 0.25) is 0 Å². The van der Waals surface area contributed by atoms with Crippen LogP contribution < -0.4 is 15.5 Å². The summed E-state index contributed by atoms with van der Waals surface area (Å²) in [5.74, 6) is -1.58. The van der Waals surface area contributed by atoms with Gasteiger partial charge in [0.15, 0.2) is 5.65 Å². The van der Waals surface area contributed by atoms with Crippen LogP contribution in [0, 0.1) is 17.6 Å². The topological polar surface area (TPSA) is 74.6 Å². The van der Waals surface area contributed by atoms with E-state index >= 15 is 0 Å². The maximum atomic E-state index is 14.4. The number of nitrogens with one attached hydrogen (secondary N) is 2. The minimum atomic E-state index is -1.10. The number of alkyl halides is 1. The highest BCUT2D eigenvalue weighted by atomic mass is 19.1. The molecule has 1 aliphatic heterocycles. The summed E-state index contributed by atoms with van der Waals surface area (Å²) < 4.78 is 56.6. The molecule has 1 unspecified atom stereocenters. The fraction of sp³-hybridized carbons (Fsp3) is 0.350. The molecular formula is C20H18F4N6O. The maximum absolute atomic E-state index is 14.4. The van der Waals surface area contributed by atoms with Crippen molar-refractivity contribution in [2.75, 3.05) is 16.8 Å². The van der Waals surface area contributed by atoms with Gasteiger partial charge in [-0.15, -0.1) is 5.10 Å². The van der Waals surface area contributed by atoms with E-state index in [-0.39, 0.29) is 23.3 Å². The van der Waals surface area contributed by atoms with Gasteiger partial charge in [0.25, 0.3) is 5.95 Å². The van der Waals surface area contributed by atoms with Crippen LogP contribution >= 0.6 is 0 Å². The lowest BCUT2D eigenvalue weighted by Crippen LogP contribution is -2.32. The molecule has 3 atom stereocenters. The lowest BCUT2D eigenvalue weighted by molar-refractivity contribution is 0.250. The van der Waals surface area contributed by atoms with Crippen LogP contribution in [0.3, 0.4) is 0 Å². The molecule has 0 radical (unpaired) electrons. The van der Waals surface area contributed by atoms with E-state index in [1.807, 2.05) is 4.90 Å². The van der Waals surface area contributed by atoms with E-state index in [4.69, 9.17) is 0 Å². The van der Waals surface area contributed by atoms with Crippen molar-refractivity contribution in [3.8, 4) is 0 Å². The normalized spacial score (nSPS) is 22.7. The van der Waals surface area contributed by atoms with Crippen LogP contribution in [0.4, 0.5) is 33.9 Å². The van der Waals surface area contributed by atoms with Crippen LogP contribution in [-0.2, 0) is 0 Å². The second-order valence-corrected chi connectivity index (χ2v) is 7.69. The van der Waals surface area contributed by atoms with E-state index in [1.165, 1.54) is 12.3 Å². The molecule has 2 aliphatic rings. The monoisotopic (exact) mass is 434 g/mol. The van der Waals surface area contributed by atoms with Crippen LogP contribution in [-0.4, -0.2) is 39.4 Å². The van der Waals surface area contributed by atoms with E-state index < -0.39 is 41.9 Å². The highest BCUT2D eigenvalue weighted by molar-refractivity contribution is 5.93. The lowest BCUT2D eigenvalue weighted by Gasteiger charge is -2.26. The minimum Gasteiger partial charge on any atom is -0.349 e. The van der Waals surface area contributed by atoms with Gasteiger partial charge >= 0.3 is 6.03 Å². The van der Waals surface area contributed by atoms with E-state index in [9.17, 15) is 22.4 Å². The number of benzene rings is 1. The Morgan fingerprint density at radius 2 is 2.00 bits per heavy atom. The molecule has 2 amide bonds. The number of hydrogen-bond donors (Lipinski definition) is 2. The maximum Gasteiger partial charge on any atom is 0.319 e. The number of aromatic nitrogens is 3. The zero-order chi connectivity index (χ0) is 21.7. The Morgan fingerprint density at radius 1 is 1.19 bits per heavy atom. The fourth-order valence-electron chi connectivity index (χ4n) is 3.93. The van der Waals surface area contributed by atoms with Gasteiger partial charge in [-0.25, -0.2) is 27.5 Å². The van der Waals surface area contributed by atoms with Gasteiger partial charge in [0, 0.05) is 24.7 Å². The molecule has 0 spiro atoms. The third-order valence-electron chi connectivity index (χ3n) is 5.56. The molecule has 7 nitrogen and oxygen atoms in total. The quantitative estimate of drug-likeness (QED) is 0.614. The Hall–Kier alpha value is -3.37. The summed E-state index contributed by atoms with van der Waals surface area (Å²) >= 11 is 0. The molecule has 1 aliphatic carbocycles. The van der Waals surface area contributed by atoms with Crippen LogP contribution in [0.25, 0.3) is 5.65 Å². The average molecular weight is 434 g/mol. The van der Waals surface area contributed by atoms with Crippen molar-refractivity contribution in [3.63, 3.8) is 0 Å². The Morgan fingerprint density at radius 3 is 2.77 bits per heavy atom. The van der Waals surface area contributed by atoms with Crippen LogP contribution in [0.15, 0.2) is 30.5 Å². The van der Waals surface area contributed by atoms with E-state index in [2.05, 4.69) is 20.7 Å². The van der Waals surface area contributed by atoms with Gasteiger partial charge in [-0.2, -0.15) is 4.39 Å².